The van der Waals surface area contributed by atoms with Gasteiger partial charge in [0, 0.05) is 31.4 Å². The third kappa shape index (κ3) is 6.04. The number of hydrogen-bond acceptors (Lipinski definition) is 7. The van der Waals surface area contributed by atoms with Crippen molar-refractivity contribution in [1.82, 2.24) is 15.0 Å². The van der Waals surface area contributed by atoms with Crippen LogP contribution in [0.1, 0.15) is 36.7 Å². The highest BCUT2D eigenvalue weighted by atomic mass is 16.5. The van der Waals surface area contributed by atoms with Gasteiger partial charge in [-0.25, -0.2) is 0 Å². The summed E-state index contributed by atoms with van der Waals surface area (Å²) in [6.07, 6.45) is 2.09. The SMILES string of the molecule is CC(=O)Nc1cccc(Nc2nc(C)nc(N3CCC(OCc4ccccc4)CC3)n2)c1C. The van der Waals surface area contributed by atoms with E-state index in [1.165, 1.54) is 12.5 Å². The zero-order chi connectivity index (χ0) is 23.2. The van der Waals surface area contributed by atoms with Crippen molar-refractivity contribution in [2.75, 3.05) is 28.6 Å². The average Bonchev–Trinajstić information content (AvgIpc) is 2.81. The number of anilines is 4. The number of nitrogens with zero attached hydrogens (tertiary/aromatic N) is 4. The molecule has 0 spiro atoms. The van der Waals surface area contributed by atoms with E-state index in [4.69, 9.17) is 4.74 Å². The summed E-state index contributed by atoms with van der Waals surface area (Å²) in [4.78, 5) is 27.3. The Kier molecular flexibility index (Phi) is 7.14. The molecule has 0 atom stereocenters. The lowest BCUT2D eigenvalue weighted by molar-refractivity contribution is -0.114. The summed E-state index contributed by atoms with van der Waals surface area (Å²) in [5.74, 6) is 1.70. The predicted molar refractivity (Wildman–Crippen MR) is 130 cm³/mol. The Morgan fingerprint density at radius 3 is 2.45 bits per heavy atom. The van der Waals surface area contributed by atoms with Gasteiger partial charge in [0.1, 0.15) is 5.82 Å². The van der Waals surface area contributed by atoms with Gasteiger partial charge in [0.05, 0.1) is 12.7 Å². The van der Waals surface area contributed by atoms with Crippen molar-refractivity contribution in [2.24, 2.45) is 0 Å². The molecule has 0 radical (unpaired) electrons. The van der Waals surface area contributed by atoms with Crippen LogP contribution in [-0.2, 0) is 16.1 Å². The van der Waals surface area contributed by atoms with Gasteiger partial charge in [0.2, 0.25) is 17.8 Å². The van der Waals surface area contributed by atoms with Gasteiger partial charge in [0.25, 0.3) is 0 Å². The number of benzene rings is 2. The first-order valence-electron chi connectivity index (χ1n) is 11.3. The maximum absolute atomic E-state index is 11.5. The fraction of sp³-hybridized carbons (Fsp3) is 0.360. The molecular weight excluding hydrogens is 416 g/mol. The van der Waals surface area contributed by atoms with Crippen molar-refractivity contribution in [3.63, 3.8) is 0 Å². The van der Waals surface area contributed by atoms with Gasteiger partial charge in [-0.3, -0.25) is 4.79 Å². The van der Waals surface area contributed by atoms with Crippen molar-refractivity contribution < 1.29 is 9.53 Å². The summed E-state index contributed by atoms with van der Waals surface area (Å²) >= 11 is 0. The van der Waals surface area contributed by atoms with Crippen LogP contribution in [0.4, 0.5) is 23.3 Å². The monoisotopic (exact) mass is 446 g/mol. The molecule has 0 unspecified atom stereocenters. The van der Waals surface area contributed by atoms with Crippen molar-refractivity contribution in [3.8, 4) is 0 Å². The lowest BCUT2D eigenvalue weighted by atomic mass is 10.1. The Morgan fingerprint density at radius 2 is 1.73 bits per heavy atom. The minimum atomic E-state index is -0.107. The molecule has 1 aliphatic heterocycles. The maximum atomic E-state index is 11.5. The largest absolute Gasteiger partial charge is 0.373 e. The molecule has 2 aromatic carbocycles. The number of aryl methyl sites for hydroxylation is 1. The first kappa shape index (κ1) is 22.7. The van der Waals surface area contributed by atoms with E-state index in [1.54, 1.807) is 0 Å². The first-order valence-corrected chi connectivity index (χ1v) is 11.3. The van der Waals surface area contributed by atoms with Crippen molar-refractivity contribution in [3.05, 3.63) is 65.5 Å². The minimum absolute atomic E-state index is 0.107. The van der Waals surface area contributed by atoms with Crippen LogP contribution in [0.5, 0.6) is 0 Å². The third-order valence-electron chi connectivity index (χ3n) is 5.68. The van der Waals surface area contributed by atoms with Crippen LogP contribution in [0.3, 0.4) is 0 Å². The number of rotatable bonds is 7. The molecule has 0 aliphatic carbocycles. The van der Waals surface area contributed by atoms with Crippen molar-refractivity contribution >= 4 is 29.2 Å². The van der Waals surface area contributed by atoms with Crippen LogP contribution in [0.15, 0.2) is 48.5 Å². The zero-order valence-electron chi connectivity index (χ0n) is 19.3. The van der Waals surface area contributed by atoms with E-state index in [0.717, 1.165) is 42.9 Å². The highest BCUT2D eigenvalue weighted by molar-refractivity contribution is 5.90. The molecular formula is C25H30N6O2. The molecule has 1 amide bonds. The molecule has 172 valence electrons. The predicted octanol–water partition coefficient (Wildman–Crippen LogP) is 4.38. The second-order valence-electron chi connectivity index (χ2n) is 8.27. The fourth-order valence-corrected chi connectivity index (χ4v) is 3.89. The van der Waals surface area contributed by atoms with Crippen LogP contribution in [0, 0.1) is 13.8 Å². The summed E-state index contributed by atoms with van der Waals surface area (Å²) in [7, 11) is 0. The molecule has 2 heterocycles. The smallest absolute Gasteiger partial charge is 0.232 e. The Balaban J connectivity index is 1.39. The molecule has 8 nitrogen and oxygen atoms in total. The Bertz CT molecular complexity index is 1100. The van der Waals surface area contributed by atoms with Crippen molar-refractivity contribution in [1.29, 1.82) is 0 Å². The van der Waals surface area contributed by atoms with Gasteiger partial charge in [-0.2, -0.15) is 15.0 Å². The van der Waals surface area contributed by atoms with E-state index in [-0.39, 0.29) is 12.0 Å². The summed E-state index contributed by atoms with van der Waals surface area (Å²) in [6.45, 7) is 7.62. The molecule has 0 saturated carbocycles. The lowest BCUT2D eigenvalue weighted by Gasteiger charge is -2.32. The fourth-order valence-electron chi connectivity index (χ4n) is 3.89. The average molecular weight is 447 g/mol. The minimum Gasteiger partial charge on any atom is -0.373 e. The van der Waals surface area contributed by atoms with Gasteiger partial charge in [-0.05, 0) is 49.9 Å². The summed E-state index contributed by atoms with van der Waals surface area (Å²) in [5.41, 5.74) is 3.71. The van der Waals surface area contributed by atoms with Gasteiger partial charge in [-0.15, -0.1) is 0 Å². The number of nitrogens with one attached hydrogen (secondary N) is 2. The summed E-state index contributed by atoms with van der Waals surface area (Å²) in [5, 5.41) is 6.13. The highest BCUT2D eigenvalue weighted by Crippen LogP contribution is 2.26. The molecule has 4 rings (SSSR count). The van der Waals surface area contributed by atoms with E-state index in [9.17, 15) is 4.79 Å². The van der Waals surface area contributed by atoms with Gasteiger partial charge in [-0.1, -0.05) is 36.4 Å². The van der Waals surface area contributed by atoms with Crippen LogP contribution < -0.4 is 15.5 Å². The molecule has 1 saturated heterocycles. The van der Waals surface area contributed by atoms with Crippen molar-refractivity contribution in [2.45, 2.75) is 46.3 Å². The van der Waals surface area contributed by atoms with Crippen LogP contribution in [0.25, 0.3) is 0 Å². The molecule has 8 heteroatoms. The topological polar surface area (TPSA) is 92.3 Å². The molecule has 2 N–H and O–H groups in total. The number of aromatic nitrogens is 3. The van der Waals surface area contributed by atoms with Crippen LogP contribution in [-0.4, -0.2) is 40.1 Å². The second-order valence-corrected chi connectivity index (χ2v) is 8.27. The van der Waals surface area contributed by atoms with Gasteiger partial charge < -0.3 is 20.3 Å². The number of piperidine rings is 1. The normalized spacial score (nSPS) is 14.2. The summed E-state index contributed by atoms with van der Waals surface area (Å²) in [6, 6.07) is 16.0. The van der Waals surface area contributed by atoms with E-state index >= 15 is 0 Å². The quantitative estimate of drug-likeness (QED) is 0.556. The lowest BCUT2D eigenvalue weighted by Crippen LogP contribution is -2.38. The Morgan fingerprint density at radius 1 is 1.00 bits per heavy atom. The molecule has 1 aromatic heterocycles. The Labute approximate surface area is 194 Å². The molecule has 1 fully saturated rings. The van der Waals surface area contributed by atoms with E-state index in [1.807, 2.05) is 50.2 Å². The first-order chi connectivity index (χ1) is 16.0. The van der Waals surface area contributed by atoms with E-state index in [2.05, 4.69) is 42.6 Å². The number of hydrogen-bond donors (Lipinski definition) is 2. The number of carbonyl (C=O) groups excluding carboxylic acids is 1. The van der Waals surface area contributed by atoms with Gasteiger partial charge in [0.15, 0.2) is 0 Å². The molecule has 3 aromatic rings. The second kappa shape index (κ2) is 10.4. The van der Waals surface area contributed by atoms with E-state index < -0.39 is 0 Å². The summed E-state index contributed by atoms with van der Waals surface area (Å²) < 4.78 is 6.11. The maximum Gasteiger partial charge on any atom is 0.232 e. The van der Waals surface area contributed by atoms with Crippen LogP contribution >= 0.6 is 0 Å². The molecule has 1 aliphatic rings. The van der Waals surface area contributed by atoms with Crippen LogP contribution in [0.2, 0.25) is 0 Å². The number of amides is 1. The standard InChI is InChI=1S/C25H30N6O2/c1-17-22(28-19(3)32)10-7-11-23(17)29-24-26-18(2)27-25(30-24)31-14-12-21(13-15-31)33-16-20-8-5-4-6-9-20/h4-11,21H,12-16H2,1-3H3,(H,28,32)(H,26,27,29,30). The molecule has 0 bridgehead atoms. The third-order valence-corrected chi connectivity index (χ3v) is 5.68. The number of carbonyl (C=O) groups is 1. The number of ether oxygens (including phenoxy) is 1. The van der Waals surface area contributed by atoms with E-state index in [0.29, 0.717) is 24.3 Å². The highest BCUT2D eigenvalue weighted by Gasteiger charge is 2.22. The zero-order valence-corrected chi connectivity index (χ0v) is 19.3. The van der Waals surface area contributed by atoms with Gasteiger partial charge >= 0.3 is 0 Å². The Hall–Kier alpha value is -3.52. The molecule has 33 heavy (non-hydrogen) atoms.